The minimum Gasteiger partial charge on any atom is -0.344 e. The second kappa shape index (κ2) is 7.95. The molecule has 23 heavy (non-hydrogen) atoms. The summed E-state index contributed by atoms with van der Waals surface area (Å²) in [5.74, 6) is 0.621. The number of carbonyl (C=O) groups is 1. The van der Waals surface area contributed by atoms with Crippen LogP contribution in [0.4, 0.5) is 0 Å². The lowest BCUT2D eigenvalue weighted by molar-refractivity contribution is -0.122. The van der Waals surface area contributed by atoms with E-state index in [2.05, 4.69) is 16.7 Å². The van der Waals surface area contributed by atoms with Crippen LogP contribution in [0.15, 0.2) is 41.8 Å². The predicted molar refractivity (Wildman–Crippen MR) is 96.0 cm³/mol. The van der Waals surface area contributed by atoms with Gasteiger partial charge in [0.1, 0.15) is 0 Å². The Labute approximate surface area is 146 Å². The Bertz CT molecular complexity index is 621. The molecule has 0 unspecified atom stereocenters. The van der Waals surface area contributed by atoms with Crippen molar-refractivity contribution in [1.82, 2.24) is 10.6 Å². The van der Waals surface area contributed by atoms with Crippen LogP contribution in [0, 0.1) is 5.92 Å². The standard InChI is InChI=1S/C18H21ClN2OS/c19-15-5-3-14(4-6-15)18(16-2-1-11-23-16)21-17(22)12-13-7-9-20-10-8-13/h1-6,11,13,18,20H,7-10,12H2,(H,21,22)/t18-/m0/s1. The molecule has 2 aromatic rings. The first-order valence-corrected chi connectivity index (χ1v) is 9.27. The molecule has 1 saturated heterocycles. The fourth-order valence-corrected chi connectivity index (χ4v) is 3.93. The van der Waals surface area contributed by atoms with Crippen LogP contribution in [-0.2, 0) is 4.79 Å². The van der Waals surface area contributed by atoms with Gasteiger partial charge in [-0.15, -0.1) is 11.3 Å². The molecule has 1 aliphatic rings. The Kier molecular flexibility index (Phi) is 5.70. The molecule has 3 nitrogen and oxygen atoms in total. The van der Waals surface area contributed by atoms with E-state index in [1.54, 1.807) is 11.3 Å². The second-order valence-electron chi connectivity index (χ2n) is 5.96. The lowest BCUT2D eigenvalue weighted by Gasteiger charge is -2.24. The monoisotopic (exact) mass is 348 g/mol. The Hall–Kier alpha value is -1.36. The number of rotatable bonds is 5. The number of hydrogen-bond donors (Lipinski definition) is 2. The van der Waals surface area contributed by atoms with Crippen LogP contribution >= 0.6 is 22.9 Å². The van der Waals surface area contributed by atoms with Crippen molar-refractivity contribution in [3.8, 4) is 0 Å². The quantitative estimate of drug-likeness (QED) is 0.857. The van der Waals surface area contributed by atoms with E-state index in [0.717, 1.165) is 36.4 Å². The molecule has 1 amide bonds. The largest absolute Gasteiger partial charge is 0.344 e. The van der Waals surface area contributed by atoms with Gasteiger partial charge in [0.25, 0.3) is 0 Å². The number of nitrogens with one attached hydrogen (secondary N) is 2. The second-order valence-corrected chi connectivity index (χ2v) is 7.38. The lowest BCUT2D eigenvalue weighted by Crippen LogP contribution is -2.34. The highest BCUT2D eigenvalue weighted by Crippen LogP contribution is 2.27. The molecule has 2 N–H and O–H groups in total. The summed E-state index contributed by atoms with van der Waals surface area (Å²) in [6, 6.07) is 11.7. The summed E-state index contributed by atoms with van der Waals surface area (Å²) in [6.45, 7) is 2.03. The average Bonchev–Trinajstić information content (AvgIpc) is 3.09. The molecule has 3 rings (SSSR count). The first-order valence-electron chi connectivity index (χ1n) is 8.01. The maximum absolute atomic E-state index is 12.5. The summed E-state index contributed by atoms with van der Waals surface area (Å²) in [5.41, 5.74) is 1.07. The fraction of sp³-hybridized carbons (Fsp3) is 0.389. The molecule has 1 aromatic carbocycles. The van der Waals surface area contributed by atoms with Crippen molar-refractivity contribution in [2.24, 2.45) is 5.92 Å². The van der Waals surface area contributed by atoms with Crippen LogP contribution in [0.2, 0.25) is 5.02 Å². The molecular weight excluding hydrogens is 328 g/mol. The minimum atomic E-state index is -0.0958. The maximum atomic E-state index is 12.5. The highest BCUT2D eigenvalue weighted by atomic mass is 35.5. The molecule has 0 aliphatic carbocycles. The van der Waals surface area contributed by atoms with E-state index >= 15 is 0 Å². The third-order valence-corrected chi connectivity index (χ3v) is 5.46. The normalized spacial score (nSPS) is 16.9. The number of hydrogen-bond acceptors (Lipinski definition) is 3. The van der Waals surface area contributed by atoms with Gasteiger partial charge in [-0.3, -0.25) is 4.79 Å². The summed E-state index contributed by atoms with van der Waals surface area (Å²) in [4.78, 5) is 13.6. The lowest BCUT2D eigenvalue weighted by atomic mass is 9.94. The molecule has 122 valence electrons. The van der Waals surface area contributed by atoms with E-state index in [1.165, 1.54) is 0 Å². The van der Waals surface area contributed by atoms with E-state index in [-0.39, 0.29) is 11.9 Å². The van der Waals surface area contributed by atoms with E-state index in [1.807, 2.05) is 35.7 Å². The topological polar surface area (TPSA) is 41.1 Å². The molecule has 1 aromatic heterocycles. The molecule has 5 heteroatoms. The van der Waals surface area contributed by atoms with Crippen molar-refractivity contribution in [3.05, 3.63) is 57.2 Å². The van der Waals surface area contributed by atoms with Crippen LogP contribution in [0.3, 0.4) is 0 Å². The van der Waals surface area contributed by atoms with Gasteiger partial charge >= 0.3 is 0 Å². The van der Waals surface area contributed by atoms with Crippen LogP contribution in [0.25, 0.3) is 0 Å². The zero-order valence-electron chi connectivity index (χ0n) is 12.9. The smallest absolute Gasteiger partial charge is 0.221 e. The molecule has 0 spiro atoms. The van der Waals surface area contributed by atoms with Gasteiger partial charge < -0.3 is 10.6 Å². The number of benzene rings is 1. The van der Waals surface area contributed by atoms with Crippen molar-refractivity contribution < 1.29 is 4.79 Å². The molecule has 1 aliphatic heterocycles. The van der Waals surface area contributed by atoms with Gasteiger partial charge in [0.05, 0.1) is 6.04 Å². The highest BCUT2D eigenvalue weighted by Gasteiger charge is 2.21. The number of amides is 1. The van der Waals surface area contributed by atoms with Crippen molar-refractivity contribution >= 4 is 28.8 Å². The average molecular weight is 349 g/mol. The maximum Gasteiger partial charge on any atom is 0.221 e. The SMILES string of the molecule is O=C(CC1CCNCC1)N[C@@H](c1ccc(Cl)cc1)c1cccs1. The van der Waals surface area contributed by atoms with Gasteiger partial charge in [-0.2, -0.15) is 0 Å². The van der Waals surface area contributed by atoms with Crippen molar-refractivity contribution in [3.63, 3.8) is 0 Å². The molecular formula is C18H21ClN2OS. The molecule has 0 radical (unpaired) electrons. The zero-order chi connectivity index (χ0) is 16.1. The van der Waals surface area contributed by atoms with E-state index in [0.29, 0.717) is 17.4 Å². The van der Waals surface area contributed by atoms with Crippen LogP contribution in [0.5, 0.6) is 0 Å². The summed E-state index contributed by atoms with van der Waals surface area (Å²) < 4.78 is 0. The fourth-order valence-electron chi connectivity index (χ4n) is 3.00. The Morgan fingerprint density at radius 1 is 1.26 bits per heavy atom. The van der Waals surface area contributed by atoms with Crippen LogP contribution in [-0.4, -0.2) is 19.0 Å². The summed E-state index contributed by atoms with van der Waals surface area (Å²) in [7, 11) is 0. The zero-order valence-corrected chi connectivity index (χ0v) is 14.5. The summed E-state index contributed by atoms with van der Waals surface area (Å²) >= 11 is 7.65. The van der Waals surface area contributed by atoms with Gasteiger partial charge in [0.15, 0.2) is 0 Å². The van der Waals surface area contributed by atoms with E-state index in [4.69, 9.17) is 11.6 Å². The Morgan fingerprint density at radius 3 is 2.65 bits per heavy atom. The number of halogens is 1. The van der Waals surface area contributed by atoms with Crippen molar-refractivity contribution in [2.45, 2.75) is 25.3 Å². The first kappa shape index (κ1) is 16.5. The molecule has 2 heterocycles. The van der Waals surface area contributed by atoms with Gasteiger partial charge in [0, 0.05) is 16.3 Å². The van der Waals surface area contributed by atoms with Gasteiger partial charge in [-0.05, 0) is 61.0 Å². The third-order valence-electron chi connectivity index (χ3n) is 4.27. The summed E-state index contributed by atoms with van der Waals surface area (Å²) in [6.07, 6.45) is 2.77. The van der Waals surface area contributed by atoms with Gasteiger partial charge in [-0.25, -0.2) is 0 Å². The molecule has 0 saturated carbocycles. The third kappa shape index (κ3) is 4.56. The van der Waals surface area contributed by atoms with E-state index < -0.39 is 0 Å². The molecule has 1 atom stereocenters. The first-order chi connectivity index (χ1) is 11.2. The van der Waals surface area contributed by atoms with Crippen LogP contribution in [0.1, 0.15) is 35.7 Å². The molecule has 1 fully saturated rings. The van der Waals surface area contributed by atoms with Crippen LogP contribution < -0.4 is 10.6 Å². The number of carbonyl (C=O) groups excluding carboxylic acids is 1. The Balaban J connectivity index is 1.71. The van der Waals surface area contributed by atoms with Crippen molar-refractivity contribution in [1.29, 1.82) is 0 Å². The minimum absolute atomic E-state index is 0.0958. The molecule has 0 bridgehead atoms. The highest BCUT2D eigenvalue weighted by molar-refractivity contribution is 7.10. The Morgan fingerprint density at radius 2 is 2.00 bits per heavy atom. The number of piperidine rings is 1. The van der Waals surface area contributed by atoms with Crippen molar-refractivity contribution in [2.75, 3.05) is 13.1 Å². The number of thiophene rings is 1. The van der Waals surface area contributed by atoms with Gasteiger partial charge in [0.2, 0.25) is 5.91 Å². The van der Waals surface area contributed by atoms with E-state index in [9.17, 15) is 4.79 Å². The van der Waals surface area contributed by atoms with Gasteiger partial charge in [-0.1, -0.05) is 29.8 Å². The predicted octanol–water partition coefficient (Wildman–Crippen LogP) is 4.00. The summed E-state index contributed by atoms with van der Waals surface area (Å²) in [5, 5.41) is 9.30.